The summed E-state index contributed by atoms with van der Waals surface area (Å²) in [7, 11) is -0.0130. The third kappa shape index (κ3) is 4.43. The van der Waals surface area contributed by atoms with E-state index >= 15 is 0 Å². The molecule has 0 aliphatic carbocycles. The topological polar surface area (TPSA) is 51.0 Å². The molecule has 3 rings (SSSR count). The smallest absolute Gasteiger partial charge is 0.150 e. The maximum absolute atomic E-state index is 13.7. The first-order chi connectivity index (χ1) is 13.0. The molecule has 0 aromatic heterocycles. The number of benzene rings is 3. The van der Waals surface area contributed by atoms with E-state index in [4.69, 9.17) is 4.74 Å². The summed E-state index contributed by atoms with van der Waals surface area (Å²) < 4.78 is 45.1. The van der Waals surface area contributed by atoms with Gasteiger partial charge >= 0.3 is 0 Å². The molecule has 3 aromatic rings. The molecule has 0 aliphatic heterocycles. The Morgan fingerprint density at radius 3 is 2.37 bits per heavy atom. The normalized spacial score (nSPS) is 12.3. The summed E-state index contributed by atoms with van der Waals surface area (Å²) in [5.41, 5.74) is 1.18. The van der Waals surface area contributed by atoms with Crippen LogP contribution in [0.15, 0.2) is 80.7 Å². The van der Waals surface area contributed by atoms with Gasteiger partial charge in [-0.15, -0.1) is 5.11 Å². The standard InChI is InChI=1S/C20H16F2N2O2S/c1-13-3-7-16(8-4-13)27(25)20-12-15(6-10-19(20)26-2)23-24-18-11-14(21)5-9-17(18)22/h3-12H,1-2H3. The zero-order chi connectivity index (χ0) is 19.4. The molecule has 0 aliphatic rings. The first-order valence-electron chi connectivity index (χ1n) is 8.01. The average molecular weight is 386 g/mol. The molecule has 0 bridgehead atoms. The van der Waals surface area contributed by atoms with Gasteiger partial charge in [0.2, 0.25) is 0 Å². The summed E-state index contributed by atoms with van der Waals surface area (Å²) in [6, 6.07) is 15.0. The van der Waals surface area contributed by atoms with Crippen molar-refractivity contribution in [2.24, 2.45) is 10.2 Å². The Morgan fingerprint density at radius 1 is 0.926 bits per heavy atom. The molecule has 0 spiro atoms. The van der Waals surface area contributed by atoms with Crippen LogP contribution in [0.5, 0.6) is 5.75 Å². The molecule has 0 heterocycles. The van der Waals surface area contributed by atoms with Gasteiger partial charge < -0.3 is 4.74 Å². The summed E-state index contributed by atoms with van der Waals surface area (Å²) in [6.45, 7) is 1.94. The van der Waals surface area contributed by atoms with Crippen LogP contribution in [0, 0.1) is 18.6 Å². The number of hydrogen-bond acceptors (Lipinski definition) is 4. The molecule has 7 heteroatoms. The Morgan fingerprint density at radius 2 is 1.67 bits per heavy atom. The summed E-state index contributed by atoms with van der Waals surface area (Å²) in [4.78, 5) is 1.03. The highest BCUT2D eigenvalue weighted by Crippen LogP contribution is 2.31. The number of hydrogen-bond donors (Lipinski definition) is 0. The lowest BCUT2D eigenvalue weighted by atomic mass is 10.2. The minimum Gasteiger partial charge on any atom is -0.495 e. The number of rotatable bonds is 5. The number of halogens is 2. The third-order valence-electron chi connectivity index (χ3n) is 3.76. The number of ether oxygens (including phenoxy) is 1. The van der Waals surface area contributed by atoms with Gasteiger partial charge in [-0.3, -0.25) is 0 Å². The highest BCUT2D eigenvalue weighted by Gasteiger charge is 2.14. The Hall–Kier alpha value is -2.93. The van der Waals surface area contributed by atoms with Crippen molar-refractivity contribution in [2.75, 3.05) is 7.11 Å². The zero-order valence-electron chi connectivity index (χ0n) is 14.6. The molecule has 0 radical (unpaired) electrons. The second kappa shape index (κ2) is 8.18. The lowest BCUT2D eigenvalue weighted by Gasteiger charge is -2.09. The summed E-state index contributed by atoms with van der Waals surface area (Å²) in [6.07, 6.45) is 0. The van der Waals surface area contributed by atoms with Gasteiger partial charge in [0.1, 0.15) is 17.3 Å². The highest BCUT2D eigenvalue weighted by molar-refractivity contribution is 7.85. The van der Waals surface area contributed by atoms with Gasteiger partial charge in [0.25, 0.3) is 0 Å². The molecule has 4 nitrogen and oxygen atoms in total. The minimum atomic E-state index is -1.49. The van der Waals surface area contributed by atoms with E-state index in [2.05, 4.69) is 10.2 Å². The molecule has 138 valence electrons. The van der Waals surface area contributed by atoms with E-state index in [9.17, 15) is 13.0 Å². The molecule has 27 heavy (non-hydrogen) atoms. The molecule has 3 aromatic carbocycles. The average Bonchev–Trinajstić information content (AvgIpc) is 2.68. The van der Waals surface area contributed by atoms with Gasteiger partial charge in [-0.25, -0.2) is 13.0 Å². The van der Waals surface area contributed by atoms with E-state index < -0.39 is 22.4 Å². The van der Waals surface area contributed by atoms with Crippen LogP contribution in [-0.2, 0) is 10.8 Å². The number of aryl methyl sites for hydroxylation is 1. The van der Waals surface area contributed by atoms with Crippen LogP contribution in [0.2, 0.25) is 0 Å². The predicted octanol–water partition coefficient (Wildman–Crippen LogP) is 5.86. The maximum atomic E-state index is 13.7. The largest absolute Gasteiger partial charge is 0.495 e. The van der Waals surface area contributed by atoms with Crippen molar-refractivity contribution < 1.29 is 17.7 Å². The van der Waals surface area contributed by atoms with Crippen LogP contribution in [0.25, 0.3) is 0 Å². The quantitative estimate of drug-likeness (QED) is 0.515. The van der Waals surface area contributed by atoms with E-state index in [0.29, 0.717) is 21.2 Å². The van der Waals surface area contributed by atoms with Crippen LogP contribution in [0.4, 0.5) is 20.2 Å². The van der Waals surface area contributed by atoms with Gasteiger partial charge in [0, 0.05) is 11.0 Å². The summed E-state index contributed by atoms with van der Waals surface area (Å²) >= 11 is 0. The van der Waals surface area contributed by atoms with Crippen LogP contribution in [0.3, 0.4) is 0 Å². The Kier molecular flexibility index (Phi) is 5.71. The van der Waals surface area contributed by atoms with Crippen molar-refractivity contribution in [2.45, 2.75) is 16.7 Å². The molecule has 0 N–H and O–H groups in total. The second-order valence-corrected chi connectivity index (χ2v) is 7.16. The molecular formula is C20H16F2N2O2S. The maximum Gasteiger partial charge on any atom is 0.150 e. The van der Waals surface area contributed by atoms with Crippen molar-refractivity contribution in [3.63, 3.8) is 0 Å². The molecule has 0 fully saturated rings. The Bertz CT molecular complexity index is 1020. The molecule has 0 saturated heterocycles. The molecular weight excluding hydrogens is 370 g/mol. The monoisotopic (exact) mass is 386 g/mol. The first kappa shape index (κ1) is 18.8. The summed E-state index contributed by atoms with van der Waals surface area (Å²) in [5, 5.41) is 7.68. The SMILES string of the molecule is COc1ccc(N=Nc2cc(F)ccc2F)cc1S(=O)c1ccc(C)cc1. The van der Waals surface area contributed by atoms with Crippen molar-refractivity contribution in [1.29, 1.82) is 0 Å². The predicted molar refractivity (Wildman–Crippen MR) is 99.4 cm³/mol. The number of nitrogens with zero attached hydrogens (tertiary/aromatic N) is 2. The van der Waals surface area contributed by atoms with Crippen LogP contribution < -0.4 is 4.74 Å². The molecule has 0 amide bonds. The van der Waals surface area contributed by atoms with Crippen LogP contribution >= 0.6 is 0 Å². The van der Waals surface area contributed by atoms with Gasteiger partial charge in [0.05, 0.1) is 28.5 Å². The third-order valence-corrected chi connectivity index (χ3v) is 5.18. The summed E-state index contributed by atoms with van der Waals surface area (Å²) in [5.74, 6) is -0.858. The molecule has 1 atom stereocenters. The number of methoxy groups -OCH3 is 1. The van der Waals surface area contributed by atoms with E-state index in [1.807, 2.05) is 19.1 Å². The van der Waals surface area contributed by atoms with Crippen LogP contribution in [0.1, 0.15) is 5.56 Å². The van der Waals surface area contributed by atoms with Crippen molar-refractivity contribution >= 4 is 22.2 Å². The highest BCUT2D eigenvalue weighted by atomic mass is 32.2. The molecule has 1 unspecified atom stereocenters. The fourth-order valence-corrected chi connectivity index (χ4v) is 3.53. The second-order valence-electron chi connectivity index (χ2n) is 5.71. The Labute approximate surface area is 158 Å². The van der Waals surface area contributed by atoms with Crippen molar-refractivity contribution in [1.82, 2.24) is 0 Å². The fourth-order valence-electron chi connectivity index (χ4n) is 2.34. The van der Waals surface area contributed by atoms with Gasteiger partial charge in [0.15, 0.2) is 5.82 Å². The van der Waals surface area contributed by atoms with Gasteiger partial charge in [-0.05, 0) is 49.4 Å². The van der Waals surface area contributed by atoms with E-state index in [1.165, 1.54) is 7.11 Å². The fraction of sp³-hybridized carbons (Fsp3) is 0.100. The zero-order valence-corrected chi connectivity index (χ0v) is 15.5. The minimum absolute atomic E-state index is 0.216. The van der Waals surface area contributed by atoms with Crippen molar-refractivity contribution in [3.8, 4) is 5.75 Å². The van der Waals surface area contributed by atoms with Gasteiger partial charge in [-0.2, -0.15) is 5.11 Å². The Balaban J connectivity index is 1.96. The lowest BCUT2D eigenvalue weighted by Crippen LogP contribution is -1.97. The number of azo groups is 1. The van der Waals surface area contributed by atoms with E-state index in [1.54, 1.807) is 30.3 Å². The van der Waals surface area contributed by atoms with E-state index in [-0.39, 0.29) is 5.69 Å². The van der Waals surface area contributed by atoms with Crippen molar-refractivity contribution in [3.05, 3.63) is 77.9 Å². The van der Waals surface area contributed by atoms with Gasteiger partial charge in [-0.1, -0.05) is 17.7 Å². The van der Waals surface area contributed by atoms with E-state index in [0.717, 1.165) is 23.8 Å². The molecule has 0 saturated carbocycles. The first-order valence-corrected chi connectivity index (χ1v) is 9.16. The van der Waals surface area contributed by atoms with Crippen LogP contribution in [-0.4, -0.2) is 11.3 Å². The lowest BCUT2D eigenvalue weighted by molar-refractivity contribution is 0.404.